The minimum absolute atomic E-state index is 0.100. The third kappa shape index (κ3) is 4.26. The SMILES string of the molecule is CS(=O)(=O)Nc1ccccc1Oc1ccc(C(=O)N[C@@H]2C[C@H]3CC[C@@H]2N3)s1. The second-order valence-corrected chi connectivity index (χ2v) is 9.75. The van der Waals surface area contributed by atoms with E-state index in [0.29, 0.717) is 33.5 Å². The number of carbonyl (C=O) groups is 1. The number of amides is 1. The predicted molar refractivity (Wildman–Crippen MR) is 105 cm³/mol. The molecule has 1 amide bonds. The summed E-state index contributed by atoms with van der Waals surface area (Å²) in [6, 6.07) is 11.3. The molecule has 0 saturated carbocycles. The lowest BCUT2D eigenvalue weighted by atomic mass is 9.95. The van der Waals surface area contributed by atoms with E-state index in [2.05, 4.69) is 15.4 Å². The van der Waals surface area contributed by atoms with Crippen molar-refractivity contribution in [3.8, 4) is 10.8 Å². The fraction of sp³-hybridized carbons (Fsp3) is 0.389. The molecule has 0 spiro atoms. The summed E-state index contributed by atoms with van der Waals surface area (Å²) in [6.45, 7) is 0. The lowest BCUT2D eigenvalue weighted by Gasteiger charge is -2.20. The molecule has 2 saturated heterocycles. The van der Waals surface area contributed by atoms with E-state index in [4.69, 9.17) is 4.74 Å². The van der Waals surface area contributed by atoms with Crippen LogP contribution < -0.4 is 20.1 Å². The van der Waals surface area contributed by atoms with E-state index in [1.165, 1.54) is 17.8 Å². The Hall–Kier alpha value is -2.10. The highest BCUT2D eigenvalue weighted by Crippen LogP contribution is 2.34. The quantitative estimate of drug-likeness (QED) is 0.684. The monoisotopic (exact) mass is 407 g/mol. The van der Waals surface area contributed by atoms with Gasteiger partial charge in [0.1, 0.15) is 0 Å². The number of benzene rings is 1. The number of hydrogen-bond acceptors (Lipinski definition) is 6. The fourth-order valence-corrected chi connectivity index (χ4v) is 5.01. The fourth-order valence-electron chi connectivity index (χ4n) is 3.67. The van der Waals surface area contributed by atoms with Gasteiger partial charge in [-0.2, -0.15) is 0 Å². The van der Waals surface area contributed by atoms with Gasteiger partial charge in [-0.15, -0.1) is 0 Å². The molecule has 2 bridgehead atoms. The number of sulfonamides is 1. The van der Waals surface area contributed by atoms with Gasteiger partial charge in [-0.25, -0.2) is 8.42 Å². The third-order valence-corrected chi connectivity index (χ3v) is 6.37. The van der Waals surface area contributed by atoms with Crippen LogP contribution in [0.25, 0.3) is 0 Å². The first kappa shape index (κ1) is 18.3. The molecule has 4 rings (SSSR count). The average molecular weight is 408 g/mol. The van der Waals surface area contributed by atoms with Gasteiger partial charge in [0.15, 0.2) is 10.8 Å². The van der Waals surface area contributed by atoms with Crippen molar-refractivity contribution in [3.05, 3.63) is 41.3 Å². The highest BCUT2D eigenvalue weighted by molar-refractivity contribution is 7.92. The molecule has 2 aliphatic heterocycles. The summed E-state index contributed by atoms with van der Waals surface area (Å²) in [7, 11) is -3.41. The predicted octanol–water partition coefficient (Wildman–Crippen LogP) is 2.53. The van der Waals surface area contributed by atoms with Crippen LogP contribution in [0, 0.1) is 0 Å². The van der Waals surface area contributed by atoms with Crippen LogP contribution in [0.3, 0.4) is 0 Å². The molecule has 2 fully saturated rings. The van der Waals surface area contributed by atoms with Crippen LogP contribution in [0.4, 0.5) is 5.69 Å². The van der Waals surface area contributed by atoms with Gasteiger partial charge >= 0.3 is 0 Å². The third-order valence-electron chi connectivity index (χ3n) is 4.81. The average Bonchev–Trinajstić information content (AvgIpc) is 3.32. The number of nitrogens with one attached hydrogen (secondary N) is 3. The summed E-state index contributed by atoms with van der Waals surface area (Å²) in [6.07, 6.45) is 4.37. The minimum atomic E-state index is -3.41. The Morgan fingerprint density at radius 2 is 2.04 bits per heavy atom. The number of fused-ring (bicyclic) bond motifs is 2. The van der Waals surface area contributed by atoms with Crippen molar-refractivity contribution in [1.29, 1.82) is 0 Å². The smallest absolute Gasteiger partial charge is 0.261 e. The summed E-state index contributed by atoms with van der Waals surface area (Å²) in [5, 5.41) is 7.14. The second-order valence-electron chi connectivity index (χ2n) is 6.95. The van der Waals surface area contributed by atoms with E-state index in [1.807, 2.05) is 0 Å². The van der Waals surface area contributed by atoms with Crippen LogP contribution in [0.5, 0.6) is 10.8 Å². The summed E-state index contributed by atoms with van der Waals surface area (Å²) < 4.78 is 31.2. The first-order chi connectivity index (χ1) is 12.9. The zero-order chi connectivity index (χ0) is 19.0. The first-order valence-corrected chi connectivity index (χ1v) is 11.5. The molecule has 2 aliphatic rings. The molecular formula is C18H21N3O4S2. The zero-order valence-electron chi connectivity index (χ0n) is 14.8. The number of ether oxygens (including phenoxy) is 1. The Balaban J connectivity index is 1.43. The highest BCUT2D eigenvalue weighted by atomic mass is 32.2. The lowest BCUT2D eigenvalue weighted by molar-refractivity contribution is 0.0935. The Bertz CT molecular complexity index is 957. The van der Waals surface area contributed by atoms with Gasteiger partial charge in [-0.1, -0.05) is 23.5 Å². The maximum atomic E-state index is 12.5. The van der Waals surface area contributed by atoms with Crippen LogP contribution in [-0.2, 0) is 10.0 Å². The van der Waals surface area contributed by atoms with Gasteiger partial charge in [0.25, 0.3) is 5.91 Å². The Labute approximate surface area is 162 Å². The topological polar surface area (TPSA) is 96.5 Å². The van der Waals surface area contributed by atoms with Crippen molar-refractivity contribution in [3.63, 3.8) is 0 Å². The molecule has 3 heterocycles. The first-order valence-electron chi connectivity index (χ1n) is 8.79. The van der Waals surface area contributed by atoms with Crippen LogP contribution >= 0.6 is 11.3 Å². The number of thiophene rings is 1. The van der Waals surface area contributed by atoms with E-state index in [-0.39, 0.29) is 11.9 Å². The molecule has 0 radical (unpaired) electrons. The normalized spacial score (nSPS) is 24.0. The van der Waals surface area contributed by atoms with Gasteiger partial charge < -0.3 is 15.4 Å². The summed E-state index contributed by atoms with van der Waals surface area (Å²) in [5.41, 5.74) is 0.354. The maximum Gasteiger partial charge on any atom is 0.261 e. The van der Waals surface area contributed by atoms with Crippen LogP contribution in [-0.4, -0.2) is 38.7 Å². The number of carbonyl (C=O) groups excluding carboxylic acids is 1. The van der Waals surface area contributed by atoms with Crippen LogP contribution in [0.15, 0.2) is 36.4 Å². The molecule has 3 N–H and O–H groups in total. The molecule has 7 nitrogen and oxygen atoms in total. The van der Waals surface area contributed by atoms with Gasteiger partial charge in [0, 0.05) is 18.1 Å². The van der Waals surface area contributed by atoms with Gasteiger partial charge in [0.2, 0.25) is 10.0 Å². The van der Waals surface area contributed by atoms with E-state index in [9.17, 15) is 13.2 Å². The summed E-state index contributed by atoms with van der Waals surface area (Å²) in [5.74, 6) is 0.283. The van der Waals surface area contributed by atoms with Gasteiger partial charge in [-0.3, -0.25) is 9.52 Å². The number of para-hydroxylation sites is 2. The van der Waals surface area contributed by atoms with E-state index >= 15 is 0 Å². The largest absolute Gasteiger partial charge is 0.444 e. The van der Waals surface area contributed by atoms with E-state index in [1.54, 1.807) is 36.4 Å². The Morgan fingerprint density at radius 3 is 2.74 bits per heavy atom. The van der Waals surface area contributed by atoms with Crippen molar-refractivity contribution in [2.24, 2.45) is 0 Å². The summed E-state index contributed by atoms with van der Waals surface area (Å²) >= 11 is 1.23. The van der Waals surface area contributed by atoms with Crippen molar-refractivity contribution in [2.45, 2.75) is 37.4 Å². The lowest BCUT2D eigenvalue weighted by Crippen LogP contribution is -2.42. The van der Waals surface area contributed by atoms with Crippen LogP contribution in [0.1, 0.15) is 28.9 Å². The molecule has 1 aromatic heterocycles. The number of rotatable bonds is 6. The minimum Gasteiger partial charge on any atom is -0.444 e. The van der Waals surface area contributed by atoms with E-state index < -0.39 is 10.0 Å². The van der Waals surface area contributed by atoms with Gasteiger partial charge in [0.05, 0.1) is 16.8 Å². The van der Waals surface area contributed by atoms with Crippen LogP contribution in [0.2, 0.25) is 0 Å². The Kier molecular flexibility index (Phi) is 4.83. The molecular weight excluding hydrogens is 386 g/mol. The van der Waals surface area contributed by atoms with Gasteiger partial charge in [-0.05, 0) is 43.5 Å². The summed E-state index contributed by atoms with van der Waals surface area (Å²) in [4.78, 5) is 13.1. The molecule has 27 heavy (non-hydrogen) atoms. The molecule has 0 aliphatic carbocycles. The Morgan fingerprint density at radius 1 is 1.22 bits per heavy atom. The number of hydrogen-bond donors (Lipinski definition) is 3. The molecule has 3 atom stereocenters. The van der Waals surface area contributed by atoms with E-state index in [0.717, 1.165) is 19.1 Å². The zero-order valence-corrected chi connectivity index (χ0v) is 16.4. The molecule has 144 valence electrons. The molecule has 0 unspecified atom stereocenters. The molecule has 1 aromatic carbocycles. The molecule has 9 heteroatoms. The van der Waals surface area contributed by atoms with Crippen molar-refractivity contribution in [1.82, 2.24) is 10.6 Å². The van der Waals surface area contributed by atoms with Crippen molar-refractivity contribution in [2.75, 3.05) is 11.0 Å². The standard InChI is InChI=1S/C18H21N3O4S2/c1-27(23,24)21-13-4-2-3-5-15(13)25-17-9-8-16(26-17)18(22)20-14-10-11-6-7-12(14)19-11/h2-5,8-9,11-12,14,19,21H,6-7,10H2,1H3,(H,20,22)/t11-,12+,14-/m1/s1. The second kappa shape index (κ2) is 7.14. The maximum absolute atomic E-state index is 12.5. The molecule has 2 aromatic rings. The van der Waals surface area contributed by atoms with Crippen molar-refractivity contribution >= 4 is 33.0 Å². The highest BCUT2D eigenvalue weighted by Gasteiger charge is 2.39. The van der Waals surface area contributed by atoms with Crippen molar-refractivity contribution < 1.29 is 17.9 Å². The number of anilines is 1.